The molecule has 1 aromatic heterocycles. The number of halogens is 2. The second kappa shape index (κ2) is 5.02. The molecule has 2 aromatic carbocycles. The number of hydrogen-bond donors (Lipinski definition) is 1. The Bertz CT molecular complexity index is 765. The molecule has 0 fully saturated rings. The van der Waals surface area contributed by atoms with Gasteiger partial charge in [0.25, 0.3) is 0 Å². The van der Waals surface area contributed by atoms with Crippen LogP contribution in [0.5, 0.6) is 0 Å². The number of hydrogen-bond acceptors (Lipinski definition) is 2. The van der Waals surface area contributed by atoms with Crippen LogP contribution in [0.25, 0.3) is 16.7 Å². The van der Waals surface area contributed by atoms with Crippen molar-refractivity contribution in [1.82, 2.24) is 9.55 Å². The van der Waals surface area contributed by atoms with E-state index in [0.29, 0.717) is 18.8 Å². The summed E-state index contributed by atoms with van der Waals surface area (Å²) in [5, 5.41) is 0. The first-order chi connectivity index (χ1) is 9.70. The van der Waals surface area contributed by atoms with E-state index in [9.17, 15) is 8.78 Å². The molecule has 0 saturated carbocycles. The lowest BCUT2D eigenvalue weighted by molar-refractivity contribution is 0.577. The summed E-state index contributed by atoms with van der Waals surface area (Å²) in [6.45, 7) is 0.409. The van der Waals surface area contributed by atoms with E-state index in [-0.39, 0.29) is 5.69 Å². The van der Waals surface area contributed by atoms with E-state index in [4.69, 9.17) is 5.73 Å². The zero-order valence-electron chi connectivity index (χ0n) is 10.7. The Morgan fingerprint density at radius 3 is 2.65 bits per heavy atom. The average Bonchev–Trinajstić information content (AvgIpc) is 2.78. The minimum atomic E-state index is -0.619. The number of rotatable bonds is 3. The SMILES string of the molecule is NCCc1nc2ccccc2n1-c1ccc(F)cc1F. The lowest BCUT2D eigenvalue weighted by Crippen LogP contribution is -2.10. The van der Waals surface area contributed by atoms with Crippen LogP contribution < -0.4 is 5.73 Å². The molecule has 0 saturated heterocycles. The number of imidazole rings is 1. The minimum Gasteiger partial charge on any atom is -0.330 e. The lowest BCUT2D eigenvalue weighted by atomic mass is 10.2. The molecule has 0 aliphatic rings. The van der Waals surface area contributed by atoms with Gasteiger partial charge in [-0.1, -0.05) is 12.1 Å². The van der Waals surface area contributed by atoms with Crippen molar-refractivity contribution in [3.63, 3.8) is 0 Å². The third kappa shape index (κ3) is 2.06. The molecule has 0 aliphatic heterocycles. The smallest absolute Gasteiger partial charge is 0.150 e. The summed E-state index contributed by atoms with van der Waals surface area (Å²) in [6, 6.07) is 11.0. The van der Waals surface area contributed by atoms with Gasteiger partial charge in [0.05, 0.1) is 16.7 Å². The monoisotopic (exact) mass is 273 g/mol. The lowest BCUT2D eigenvalue weighted by Gasteiger charge is -2.10. The van der Waals surface area contributed by atoms with E-state index < -0.39 is 11.6 Å². The van der Waals surface area contributed by atoms with Crippen molar-refractivity contribution in [2.45, 2.75) is 6.42 Å². The highest BCUT2D eigenvalue weighted by atomic mass is 19.1. The highest BCUT2D eigenvalue weighted by Gasteiger charge is 2.15. The number of nitrogens with zero attached hydrogens (tertiary/aromatic N) is 2. The first-order valence-corrected chi connectivity index (χ1v) is 6.32. The molecule has 102 valence electrons. The van der Waals surface area contributed by atoms with Gasteiger partial charge in [-0.2, -0.15) is 0 Å². The molecule has 3 aromatic rings. The molecule has 3 rings (SSSR count). The molecule has 0 spiro atoms. The number of nitrogens with two attached hydrogens (primary N) is 1. The largest absolute Gasteiger partial charge is 0.330 e. The van der Waals surface area contributed by atoms with Gasteiger partial charge in [-0.15, -0.1) is 0 Å². The average molecular weight is 273 g/mol. The minimum absolute atomic E-state index is 0.281. The van der Waals surface area contributed by atoms with Crippen molar-refractivity contribution in [3.05, 3.63) is 59.9 Å². The quantitative estimate of drug-likeness (QED) is 0.797. The Hall–Kier alpha value is -2.27. The summed E-state index contributed by atoms with van der Waals surface area (Å²) in [4.78, 5) is 4.46. The zero-order valence-corrected chi connectivity index (χ0v) is 10.7. The first kappa shape index (κ1) is 12.7. The maximum atomic E-state index is 14.0. The fourth-order valence-electron chi connectivity index (χ4n) is 2.30. The fourth-order valence-corrected chi connectivity index (χ4v) is 2.30. The third-order valence-electron chi connectivity index (χ3n) is 3.15. The van der Waals surface area contributed by atoms with E-state index in [1.54, 1.807) is 4.57 Å². The molecule has 20 heavy (non-hydrogen) atoms. The van der Waals surface area contributed by atoms with Crippen LogP contribution in [0.2, 0.25) is 0 Å². The van der Waals surface area contributed by atoms with Gasteiger partial charge in [-0.25, -0.2) is 13.8 Å². The highest BCUT2D eigenvalue weighted by Crippen LogP contribution is 2.24. The molecule has 2 N–H and O–H groups in total. The van der Waals surface area contributed by atoms with Gasteiger partial charge in [0.15, 0.2) is 0 Å². The summed E-state index contributed by atoms with van der Waals surface area (Å²) >= 11 is 0. The second-order valence-corrected chi connectivity index (χ2v) is 4.49. The molecule has 0 bridgehead atoms. The number of fused-ring (bicyclic) bond motifs is 1. The van der Waals surface area contributed by atoms with Crippen LogP contribution in [0.1, 0.15) is 5.82 Å². The van der Waals surface area contributed by atoms with Gasteiger partial charge in [-0.05, 0) is 30.8 Å². The number of benzene rings is 2. The molecular weight excluding hydrogens is 260 g/mol. The van der Waals surface area contributed by atoms with Crippen molar-refractivity contribution in [3.8, 4) is 5.69 Å². The Morgan fingerprint density at radius 1 is 1.10 bits per heavy atom. The summed E-state index contributed by atoms with van der Waals surface area (Å²) in [5.41, 5.74) is 7.41. The van der Waals surface area contributed by atoms with Crippen molar-refractivity contribution in [1.29, 1.82) is 0 Å². The zero-order chi connectivity index (χ0) is 14.1. The molecule has 0 amide bonds. The molecule has 0 radical (unpaired) electrons. The van der Waals surface area contributed by atoms with Crippen LogP contribution >= 0.6 is 0 Å². The number of para-hydroxylation sites is 2. The normalized spacial score (nSPS) is 11.2. The summed E-state index contributed by atoms with van der Waals surface area (Å²) in [6.07, 6.45) is 0.519. The second-order valence-electron chi connectivity index (χ2n) is 4.49. The maximum absolute atomic E-state index is 14.0. The Labute approximate surface area is 114 Å². The molecular formula is C15H13F2N3. The Balaban J connectivity index is 2.30. The van der Waals surface area contributed by atoms with Gasteiger partial charge >= 0.3 is 0 Å². The molecule has 0 unspecified atom stereocenters. The molecule has 3 nitrogen and oxygen atoms in total. The van der Waals surface area contributed by atoms with Crippen LogP contribution in [-0.2, 0) is 6.42 Å². The summed E-state index contributed by atoms with van der Waals surface area (Å²) in [7, 11) is 0. The standard InChI is InChI=1S/C15H13F2N3/c16-10-5-6-13(11(17)9-10)20-14-4-2-1-3-12(14)19-15(20)7-8-18/h1-6,9H,7-8,18H2. The van der Waals surface area contributed by atoms with Crippen LogP contribution in [0.3, 0.4) is 0 Å². The highest BCUT2D eigenvalue weighted by molar-refractivity contribution is 5.78. The van der Waals surface area contributed by atoms with Gasteiger partial charge in [0.2, 0.25) is 0 Å². The third-order valence-corrected chi connectivity index (χ3v) is 3.15. The van der Waals surface area contributed by atoms with E-state index in [1.807, 2.05) is 24.3 Å². The van der Waals surface area contributed by atoms with Crippen LogP contribution in [0, 0.1) is 11.6 Å². The Morgan fingerprint density at radius 2 is 1.90 bits per heavy atom. The molecule has 5 heteroatoms. The maximum Gasteiger partial charge on any atom is 0.150 e. The van der Waals surface area contributed by atoms with Gasteiger partial charge in [0.1, 0.15) is 17.5 Å². The van der Waals surface area contributed by atoms with Gasteiger partial charge in [0, 0.05) is 12.5 Å². The van der Waals surface area contributed by atoms with Crippen LogP contribution in [-0.4, -0.2) is 16.1 Å². The summed E-state index contributed by atoms with van der Waals surface area (Å²) < 4.78 is 28.8. The summed E-state index contributed by atoms with van der Waals surface area (Å²) in [5.74, 6) is -0.554. The number of aromatic nitrogens is 2. The van der Waals surface area contributed by atoms with E-state index in [2.05, 4.69) is 4.98 Å². The van der Waals surface area contributed by atoms with E-state index in [1.165, 1.54) is 12.1 Å². The van der Waals surface area contributed by atoms with Crippen molar-refractivity contribution >= 4 is 11.0 Å². The fraction of sp³-hybridized carbons (Fsp3) is 0.133. The van der Waals surface area contributed by atoms with Gasteiger partial charge in [-0.3, -0.25) is 4.57 Å². The van der Waals surface area contributed by atoms with Crippen LogP contribution in [0.4, 0.5) is 8.78 Å². The van der Waals surface area contributed by atoms with Crippen LogP contribution in [0.15, 0.2) is 42.5 Å². The van der Waals surface area contributed by atoms with E-state index in [0.717, 1.165) is 17.1 Å². The topological polar surface area (TPSA) is 43.8 Å². The van der Waals surface area contributed by atoms with Crippen molar-refractivity contribution in [2.75, 3.05) is 6.54 Å². The first-order valence-electron chi connectivity index (χ1n) is 6.32. The predicted molar refractivity (Wildman–Crippen MR) is 73.7 cm³/mol. The molecule has 0 atom stereocenters. The van der Waals surface area contributed by atoms with Crippen molar-refractivity contribution < 1.29 is 8.78 Å². The Kier molecular flexibility index (Phi) is 3.20. The van der Waals surface area contributed by atoms with E-state index >= 15 is 0 Å². The molecule has 0 aliphatic carbocycles. The van der Waals surface area contributed by atoms with Gasteiger partial charge < -0.3 is 5.73 Å². The molecule has 1 heterocycles. The van der Waals surface area contributed by atoms with Crippen molar-refractivity contribution in [2.24, 2.45) is 5.73 Å². The predicted octanol–water partition coefficient (Wildman–Crippen LogP) is 2.80.